The molecule has 0 amide bonds. The number of pyridine rings is 1. The van der Waals surface area contributed by atoms with Gasteiger partial charge in [-0.05, 0) is 53.9 Å². The van der Waals surface area contributed by atoms with E-state index in [1.165, 1.54) is 0 Å². The smallest absolute Gasteiger partial charge is 0.191 e. The number of fused-ring (bicyclic) bond motifs is 1. The Morgan fingerprint density at radius 2 is 1.39 bits per heavy atom. The number of anilines is 1. The molecule has 196 valence electrons. The molecule has 0 bridgehead atoms. The van der Waals surface area contributed by atoms with Crippen molar-refractivity contribution in [3.05, 3.63) is 112 Å². The van der Waals surface area contributed by atoms with Gasteiger partial charge >= 0.3 is 0 Å². The van der Waals surface area contributed by atoms with Gasteiger partial charge in [0.05, 0.1) is 19.7 Å². The Labute approximate surface area is 224 Å². The van der Waals surface area contributed by atoms with Gasteiger partial charge in [-0.3, -0.25) is 9.69 Å². The Morgan fingerprint density at radius 3 is 1.97 bits per heavy atom. The molecule has 38 heavy (non-hydrogen) atoms. The minimum Gasteiger partial charge on any atom is -0.497 e. The van der Waals surface area contributed by atoms with Gasteiger partial charge in [-0.25, -0.2) is 0 Å². The normalized spacial score (nSPS) is 11.6. The first-order valence-corrected chi connectivity index (χ1v) is 12.8. The van der Waals surface area contributed by atoms with Crippen molar-refractivity contribution in [1.29, 1.82) is 0 Å². The number of aromatic amines is 1. The van der Waals surface area contributed by atoms with Gasteiger partial charge in [0.2, 0.25) is 0 Å². The summed E-state index contributed by atoms with van der Waals surface area (Å²) in [5.41, 5.74) is 3.15. The van der Waals surface area contributed by atoms with Crippen molar-refractivity contribution in [2.24, 2.45) is 0 Å². The van der Waals surface area contributed by atoms with E-state index in [1.54, 1.807) is 20.3 Å². The van der Waals surface area contributed by atoms with Crippen LogP contribution in [0.1, 0.15) is 17.5 Å². The minimum absolute atomic E-state index is 0.0239. The zero-order chi connectivity index (χ0) is 26.6. The Hall–Kier alpha value is -4.29. The second kappa shape index (κ2) is 13.9. The lowest BCUT2D eigenvalue weighted by molar-refractivity contribution is 0.334. The fourth-order valence-electron chi connectivity index (χ4n) is 4.18. The molecular weight excluding hydrogens is 474 g/mol. The lowest BCUT2D eigenvalue weighted by atomic mass is 10.2. The van der Waals surface area contributed by atoms with E-state index in [2.05, 4.69) is 63.8 Å². The number of rotatable bonds is 13. The van der Waals surface area contributed by atoms with Gasteiger partial charge in [-0.2, -0.15) is 0 Å². The van der Waals surface area contributed by atoms with E-state index in [4.69, 9.17) is 9.47 Å². The summed E-state index contributed by atoms with van der Waals surface area (Å²) >= 11 is 0. The van der Waals surface area contributed by atoms with Crippen LogP contribution in [0.25, 0.3) is 23.1 Å². The first-order valence-electron chi connectivity index (χ1n) is 12.8. The van der Waals surface area contributed by atoms with Crippen molar-refractivity contribution in [2.45, 2.75) is 6.42 Å². The standard InChI is InChI=1S/C32H35N3O3/c1-37-27-16-12-25(13-17-27)8-5-21-35(22-6-9-26-14-18-28(38-2)19-15-26)23-7-20-33-32-24-31(36)29-10-3-4-11-30(29)34-32/h3-6,8-19,24H,7,20-23H2,1-2H3,(H2,33,34,36)/b8-5+,9-6+. The van der Waals surface area contributed by atoms with Crippen LogP contribution >= 0.6 is 0 Å². The summed E-state index contributed by atoms with van der Waals surface area (Å²) in [6, 6.07) is 25.3. The maximum atomic E-state index is 12.4. The van der Waals surface area contributed by atoms with Crippen molar-refractivity contribution < 1.29 is 9.47 Å². The average molecular weight is 510 g/mol. The molecule has 1 aromatic heterocycles. The molecule has 0 saturated carbocycles. The quantitative estimate of drug-likeness (QED) is 0.214. The largest absolute Gasteiger partial charge is 0.497 e. The lowest BCUT2D eigenvalue weighted by Crippen LogP contribution is -2.26. The molecular formula is C32H35N3O3. The van der Waals surface area contributed by atoms with Crippen LogP contribution in [0.2, 0.25) is 0 Å². The van der Waals surface area contributed by atoms with Gasteiger partial charge in [0, 0.05) is 37.6 Å². The highest BCUT2D eigenvalue weighted by Crippen LogP contribution is 2.14. The number of ether oxygens (including phenoxy) is 2. The van der Waals surface area contributed by atoms with Crippen molar-refractivity contribution in [3.63, 3.8) is 0 Å². The predicted octanol–water partition coefficient (Wildman–Crippen LogP) is 6.08. The van der Waals surface area contributed by atoms with Gasteiger partial charge in [-0.15, -0.1) is 0 Å². The third kappa shape index (κ3) is 7.85. The second-order valence-corrected chi connectivity index (χ2v) is 8.98. The number of nitrogens with one attached hydrogen (secondary N) is 2. The maximum absolute atomic E-state index is 12.4. The molecule has 4 aromatic rings. The summed E-state index contributed by atoms with van der Waals surface area (Å²) in [6.45, 7) is 3.32. The number of nitrogens with zero attached hydrogens (tertiary/aromatic N) is 1. The fraction of sp³-hybridized carbons (Fsp3) is 0.219. The van der Waals surface area contributed by atoms with Crippen molar-refractivity contribution in [3.8, 4) is 11.5 Å². The molecule has 0 spiro atoms. The average Bonchev–Trinajstić information content (AvgIpc) is 2.96. The van der Waals surface area contributed by atoms with Crippen molar-refractivity contribution in [2.75, 3.05) is 45.7 Å². The molecule has 0 aliphatic heterocycles. The number of H-pyrrole nitrogens is 1. The van der Waals surface area contributed by atoms with E-state index in [9.17, 15) is 4.79 Å². The van der Waals surface area contributed by atoms with Crippen LogP contribution in [0.5, 0.6) is 11.5 Å². The zero-order valence-electron chi connectivity index (χ0n) is 22.0. The summed E-state index contributed by atoms with van der Waals surface area (Å²) in [4.78, 5) is 18.1. The molecule has 0 radical (unpaired) electrons. The summed E-state index contributed by atoms with van der Waals surface area (Å²) in [6.07, 6.45) is 9.59. The van der Waals surface area contributed by atoms with Gasteiger partial charge in [-0.1, -0.05) is 60.7 Å². The monoisotopic (exact) mass is 509 g/mol. The van der Waals surface area contributed by atoms with Gasteiger partial charge < -0.3 is 19.8 Å². The van der Waals surface area contributed by atoms with Gasteiger partial charge in [0.25, 0.3) is 0 Å². The highest BCUT2D eigenvalue weighted by molar-refractivity contribution is 5.79. The highest BCUT2D eigenvalue weighted by Gasteiger charge is 2.04. The van der Waals surface area contributed by atoms with E-state index in [0.717, 1.165) is 66.6 Å². The van der Waals surface area contributed by atoms with Crippen LogP contribution in [0, 0.1) is 0 Å². The van der Waals surface area contributed by atoms with Crippen LogP contribution in [0.4, 0.5) is 5.82 Å². The van der Waals surface area contributed by atoms with Gasteiger partial charge in [0.1, 0.15) is 17.3 Å². The number of methoxy groups -OCH3 is 2. The Morgan fingerprint density at radius 1 is 0.816 bits per heavy atom. The SMILES string of the molecule is COc1ccc(/C=C/CN(C/C=C/c2ccc(OC)cc2)CCCNc2cc(=O)c3ccccc3[nH]2)cc1. The van der Waals surface area contributed by atoms with E-state index >= 15 is 0 Å². The zero-order valence-corrected chi connectivity index (χ0v) is 22.0. The van der Waals surface area contributed by atoms with Crippen LogP contribution in [0.15, 0.2) is 95.8 Å². The van der Waals surface area contributed by atoms with Crippen LogP contribution in [0.3, 0.4) is 0 Å². The molecule has 0 saturated heterocycles. The number of para-hydroxylation sites is 1. The molecule has 6 heteroatoms. The van der Waals surface area contributed by atoms with Crippen molar-refractivity contribution in [1.82, 2.24) is 9.88 Å². The fourth-order valence-corrected chi connectivity index (χ4v) is 4.18. The Bertz CT molecular complexity index is 1350. The third-order valence-electron chi connectivity index (χ3n) is 6.28. The predicted molar refractivity (Wildman–Crippen MR) is 158 cm³/mol. The Balaban J connectivity index is 1.34. The molecule has 0 atom stereocenters. The van der Waals surface area contributed by atoms with E-state index < -0.39 is 0 Å². The highest BCUT2D eigenvalue weighted by atomic mass is 16.5. The van der Waals surface area contributed by atoms with Gasteiger partial charge in [0.15, 0.2) is 5.43 Å². The topological polar surface area (TPSA) is 66.6 Å². The molecule has 0 aliphatic rings. The van der Waals surface area contributed by atoms with Crippen LogP contribution < -0.4 is 20.2 Å². The number of hydrogen-bond donors (Lipinski definition) is 2. The summed E-state index contributed by atoms with van der Waals surface area (Å²) in [5.74, 6) is 2.46. The van der Waals surface area contributed by atoms with Crippen molar-refractivity contribution >= 4 is 28.9 Å². The molecule has 0 unspecified atom stereocenters. The molecule has 4 rings (SSSR count). The lowest BCUT2D eigenvalue weighted by Gasteiger charge is -2.19. The summed E-state index contributed by atoms with van der Waals surface area (Å²) < 4.78 is 10.5. The first-order chi connectivity index (χ1) is 18.6. The Kier molecular flexibility index (Phi) is 9.76. The molecule has 0 aliphatic carbocycles. The molecule has 2 N–H and O–H groups in total. The maximum Gasteiger partial charge on any atom is 0.191 e. The molecule has 1 heterocycles. The molecule has 6 nitrogen and oxygen atoms in total. The van der Waals surface area contributed by atoms with E-state index in [0.29, 0.717) is 5.39 Å². The first kappa shape index (κ1) is 26.8. The summed E-state index contributed by atoms with van der Waals surface area (Å²) in [7, 11) is 3.35. The van der Waals surface area contributed by atoms with E-state index in [-0.39, 0.29) is 5.43 Å². The van der Waals surface area contributed by atoms with Crippen LogP contribution in [-0.2, 0) is 0 Å². The number of benzene rings is 3. The third-order valence-corrected chi connectivity index (χ3v) is 6.28. The minimum atomic E-state index is 0.0239. The van der Waals surface area contributed by atoms with E-state index in [1.807, 2.05) is 48.5 Å². The molecule has 3 aromatic carbocycles. The van der Waals surface area contributed by atoms with Crippen LogP contribution in [-0.4, -0.2) is 50.3 Å². The second-order valence-electron chi connectivity index (χ2n) is 8.98. The number of hydrogen-bond acceptors (Lipinski definition) is 5. The number of aromatic nitrogens is 1. The molecule has 0 fully saturated rings. The summed E-state index contributed by atoms with van der Waals surface area (Å²) in [5, 5.41) is 4.08.